The van der Waals surface area contributed by atoms with Gasteiger partial charge in [0.05, 0.1) is 6.04 Å². The van der Waals surface area contributed by atoms with Crippen molar-refractivity contribution in [3.05, 3.63) is 29.3 Å². The molecule has 104 valence electrons. The molecule has 0 saturated heterocycles. The second-order valence-corrected chi connectivity index (χ2v) is 6.52. The number of carbonyl (C=O) groups is 1. The van der Waals surface area contributed by atoms with Crippen molar-refractivity contribution in [1.82, 2.24) is 0 Å². The highest BCUT2D eigenvalue weighted by Gasteiger charge is 2.33. The monoisotopic (exact) mass is 260 g/mol. The van der Waals surface area contributed by atoms with Gasteiger partial charge in [0.1, 0.15) is 0 Å². The molecule has 3 heteroatoms. The fourth-order valence-corrected chi connectivity index (χ4v) is 2.61. The summed E-state index contributed by atoms with van der Waals surface area (Å²) in [4.78, 5) is 14.6. The highest BCUT2D eigenvalue weighted by atomic mass is 16.2. The van der Waals surface area contributed by atoms with Crippen LogP contribution in [0.5, 0.6) is 0 Å². The number of anilines is 1. The largest absolute Gasteiger partial charge is 0.319 e. The van der Waals surface area contributed by atoms with E-state index < -0.39 is 6.04 Å². The summed E-state index contributed by atoms with van der Waals surface area (Å²) in [6.07, 6.45) is 2.06. The third-order valence-corrected chi connectivity index (χ3v) is 3.88. The Morgan fingerprint density at radius 3 is 2.68 bits per heavy atom. The number of benzene rings is 1. The van der Waals surface area contributed by atoms with Crippen LogP contribution in [0.15, 0.2) is 18.2 Å². The molecule has 0 spiro atoms. The highest BCUT2D eigenvalue weighted by molar-refractivity contribution is 5.99. The van der Waals surface area contributed by atoms with Crippen LogP contribution in [0.4, 0.5) is 5.69 Å². The lowest BCUT2D eigenvalue weighted by Gasteiger charge is -2.36. The SMILES string of the molecule is Cc1cccc2c1N(C(=O)[C@@H](N)C(C)(C)C)CCC2. The molecule has 0 fully saturated rings. The topological polar surface area (TPSA) is 46.3 Å². The third-order valence-electron chi connectivity index (χ3n) is 3.88. The molecule has 0 bridgehead atoms. The number of hydrogen-bond donors (Lipinski definition) is 1. The Kier molecular flexibility index (Phi) is 3.68. The fraction of sp³-hybridized carbons (Fsp3) is 0.562. The molecule has 2 rings (SSSR count). The van der Waals surface area contributed by atoms with Crippen LogP contribution in [0.25, 0.3) is 0 Å². The summed E-state index contributed by atoms with van der Waals surface area (Å²) in [6.45, 7) is 8.88. The molecule has 0 radical (unpaired) electrons. The molecule has 0 saturated carbocycles. The van der Waals surface area contributed by atoms with E-state index in [9.17, 15) is 4.79 Å². The van der Waals surface area contributed by atoms with Gasteiger partial charge >= 0.3 is 0 Å². The minimum atomic E-state index is -0.460. The quantitative estimate of drug-likeness (QED) is 0.843. The minimum Gasteiger partial charge on any atom is -0.319 e. The average Bonchev–Trinajstić information content (AvgIpc) is 2.35. The van der Waals surface area contributed by atoms with Gasteiger partial charge in [0.25, 0.3) is 0 Å². The van der Waals surface area contributed by atoms with Crippen LogP contribution in [0.2, 0.25) is 0 Å². The van der Waals surface area contributed by atoms with E-state index >= 15 is 0 Å². The maximum atomic E-state index is 12.7. The van der Waals surface area contributed by atoms with E-state index in [-0.39, 0.29) is 11.3 Å². The maximum absolute atomic E-state index is 12.7. The Hall–Kier alpha value is -1.35. The zero-order valence-electron chi connectivity index (χ0n) is 12.4. The zero-order valence-corrected chi connectivity index (χ0v) is 12.4. The van der Waals surface area contributed by atoms with Gasteiger partial charge in [-0.3, -0.25) is 4.79 Å². The molecule has 19 heavy (non-hydrogen) atoms. The molecule has 1 heterocycles. The molecule has 1 aromatic rings. The molecule has 3 nitrogen and oxygen atoms in total. The number of rotatable bonds is 1. The van der Waals surface area contributed by atoms with Crippen LogP contribution < -0.4 is 10.6 Å². The molecular formula is C16H24N2O. The van der Waals surface area contributed by atoms with Crippen LogP contribution in [0, 0.1) is 12.3 Å². The van der Waals surface area contributed by atoms with Crippen LogP contribution >= 0.6 is 0 Å². The summed E-state index contributed by atoms with van der Waals surface area (Å²) in [6, 6.07) is 5.78. The third kappa shape index (κ3) is 2.66. The first kappa shape index (κ1) is 14.1. The van der Waals surface area contributed by atoms with Gasteiger partial charge in [0.15, 0.2) is 0 Å². The Labute approximate surface area is 115 Å². The van der Waals surface area contributed by atoms with Gasteiger partial charge in [-0.15, -0.1) is 0 Å². The van der Waals surface area contributed by atoms with Gasteiger partial charge in [0, 0.05) is 12.2 Å². The van der Waals surface area contributed by atoms with Crippen molar-refractivity contribution in [3.8, 4) is 0 Å². The summed E-state index contributed by atoms with van der Waals surface area (Å²) in [5.74, 6) is 0.0442. The summed E-state index contributed by atoms with van der Waals surface area (Å²) < 4.78 is 0. The van der Waals surface area contributed by atoms with Gasteiger partial charge in [-0.1, -0.05) is 39.0 Å². The van der Waals surface area contributed by atoms with E-state index in [0.29, 0.717) is 0 Å². The Morgan fingerprint density at radius 2 is 2.05 bits per heavy atom. The second-order valence-electron chi connectivity index (χ2n) is 6.52. The lowest BCUT2D eigenvalue weighted by Crippen LogP contribution is -2.52. The predicted molar refractivity (Wildman–Crippen MR) is 79.3 cm³/mol. The number of hydrogen-bond acceptors (Lipinski definition) is 2. The maximum Gasteiger partial charge on any atom is 0.244 e. The van der Waals surface area contributed by atoms with E-state index in [1.165, 1.54) is 5.56 Å². The van der Waals surface area contributed by atoms with Crippen LogP contribution in [0.3, 0.4) is 0 Å². The Balaban J connectivity index is 2.37. The summed E-state index contributed by atoms with van der Waals surface area (Å²) in [5.41, 5.74) is 9.44. The van der Waals surface area contributed by atoms with Crippen LogP contribution in [-0.4, -0.2) is 18.5 Å². The van der Waals surface area contributed by atoms with E-state index in [4.69, 9.17) is 5.73 Å². The molecule has 1 aromatic carbocycles. The predicted octanol–water partition coefficient (Wildman–Crippen LogP) is 2.65. The second kappa shape index (κ2) is 4.97. The summed E-state index contributed by atoms with van der Waals surface area (Å²) in [5, 5.41) is 0. The number of nitrogens with two attached hydrogens (primary N) is 1. The first-order valence-electron chi connectivity index (χ1n) is 6.98. The van der Waals surface area contributed by atoms with E-state index in [2.05, 4.69) is 25.1 Å². The molecule has 1 atom stereocenters. The number of aryl methyl sites for hydroxylation is 2. The standard InChI is InChI=1S/C16H24N2O/c1-11-7-5-8-12-9-6-10-18(13(11)12)15(19)14(17)16(2,3)4/h5,7-8,14H,6,9-10,17H2,1-4H3/t14-/m1/s1. The number of carbonyl (C=O) groups excluding carboxylic acids is 1. The fourth-order valence-electron chi connectivity index (χ4n) is 2.61. The first-order valence-corrected chi connectivity index (χ1v) is 6.98. The van der Waals surface area contributed by atoms with Gasteiger partial charge < -0.3 is 10.6 Å². The lowest BCUT2D eigenvalue weighted by atomic mass is 9.85. The van der Waals surface area contributed by atoms with Crippen molar-refractivity contribution < 1.29 is 4.79 Å². The Bertz CT molecular complexity index is 488. The van der Waals surface area contributed by atoms with Crippen molar-refractivity contribution >= 4 is 11.6 Å². The normalized spacial score (nSPS) is 17.0. The van der Waals surface area contributed by atoms with Gasteiger partial charge in [-0.05, 0) is 36.3 Å². The molecule has 2 N–H and O–H groups in total. The van der Waals surface area contributed by atoms with Crippen LogP contribution in [-0.2, 0) is 11.2 Å². The van der Waals surface area contributed by atoms with Gasteiger partial charge in [-0.2, -0.15) is 0 Å². The number of amides is 1. The summed E-state index contributed by atoms with van der Waals surface area (Å²) >= 11 is 0. The summed E-state index contributed by atoms with van der Waals surface area (Å²) in [7, 11) is 0. The lowest BCUT2D eigenvalue weighted by molar-refractivity contribution is -0.122. The van der Waals surface area contributed by atoms with Crippen LogP contribution in [0.1, 0.15) is 38.3 Å². The van der Waals surface area contributed by atoms with Crippen molar-refractivity contribution in [2.24, 2.45) is 11.1 Å². The number of fused-ring (bicyclic) bond motifs is 1. The molecule has 0 aliphatic carbocycles. The van der Waals surface area contributed by atoms with E-state index in [1.807, 2.05) is 25.7 Å². The van der Waals surface area contributed by atoms with Crippen molar-refractivity contribution in [2.75, 3.05) is 11.4 Å². The molecular weight excluding hydrogens is 236 g/mol. The van der Waals surface area contributed by atoms with E-state index in [1.54, 1.807) is 0 Å². The molecule has 0 unspecified atom stereocenters. The molecule has 1 aliphatic rings. The minimum absolute atomic E-state index is 0.0442. The molecule has 1 amide bonds. The van der Waals surface area contributed by atoms with Crippen molar-refractivity contribution in [3.63, 3.8) is 0 Å². The molecule has 0 aromatic heterocycles. The van der Waals surface area contributed by atoms with Crippen molar-refractivity contribution in [1.29, 1.82) is 0 Å². The van der Waals surface area contributed by atoms with Gasteiger partial charge in [-0.25, -0.2) is 0 Å². The highest BCUT2D eigenvalue weighted by Crippen LogP contribution is 2.32. The average molecular weight is 260 g/mol. The zero-order chi connectivity index (χ0) is 14.2. The number of nitrogens with zero attached hydrogens (tertiary/aromatic N) is 1. The molecule has 1 aliphatic heterocycles. The first-order chi connectivity index (χ1) is 8.82. The van der Waals surface area contributed by atoms with Crippen molar-refractivity contribution in [2.45, 2.75) is 46.6 Å². The Morgan fingerprint density at radius 1 is 1.37 bits per heavy atom. The smallest absolute Gasteiger partial charge is 0.244 e. The van der Waals surface area contributed by atoms with Gasteiger partial charge in [0.2, 0.25) is 5.91 Å². The number of para-hydroxylation sites is 1. The van der Waals surface area contributed by atoms with E-state index in [0.717, 1.165) is 30.6 Å².